The zero-order valence-corrected chi connectivity index (χ0v) is 18.5. The van der Waals surface area contributed by atoms with Crippen LogP contribution in [0.2, 0.25) is 15.1 Å². The monoisotopic (exact) mass is 483 g/mol. The van der Waals surface area contributed by atoms with Crippen LogP contribution in [0, 0.1) is 5.82 Å². The highest BCUT2D eigenvalue weighted by atomic mass is 35.5. The lowest BCUT2D eigenvalue weighted by Crippen LogP contribution is -2.04. The summed E-state index contributed by atoms with van der Waals surface area (Å²) in [4.78, 5) is 11.2. The molecule has 0 spiro atoms. The molecule has 31 heavy (non-hydrogen) atoms. The number of carboxylic acids is 1. The van der Waals surface area contributed by atoms with E-state index in [1.54, 1.807) is 18.2 Å². The van der Waals surface area contributed by atoms with Gasteiger partial charge in [0.15, 0.2) is 11.5 Å². The second-order valence-corrected chi connectivity index (χ2v) is 7.71. The molecule has 0 fully saturated rings. The summed E-state index contributed by atoms with van der Waals surface area (Å²) in [6.07, 6.45) is 0. The fourth-order valence-corrected chi connectivity index (χ4v) is 3.52. The summed E-state index contributed by atoms with van der Waals surface area (Å²) in [6.45, 7) is 0.427. The van der Waals surface area contributed by atoms with E-state index in [2.05, 4.69) is 5.32 Å². The average Bonchev–Trinajstić information content (AvgIpc) is 2.72. The molecule has 3 aromatic carbocycles. The van der Waals surface area contributed by atoms with E-state index < -0.39 is 11.8 Å². The Morgan fingerprint density at radius 3 is 2.48 bits per heavy atom. The van der Waals surface area contributed by atoms with Crippen molar-refractivity contribution in [3.63, 3.8) is 0 Å². The number of halogens is 4. The first-order valence-corrected chi connectivity index (χ1v) is 10.1. The number of aromatic carboxylic acids is 1. The highest BCUT2D eigenvalue weighted by Crippen LogP contribution is 2.37. The molecular weight excluding hydrogens is 468 g/mol. The van der Waals surface area contributed by atoms with E-state index in [1.165, 1.54) is 37.4 Å². The van der Waals surface area contributed by atoms with Crippen molar-refractivity contribution in [3.8, 4) is 11.5 Å². The van der Waals surface area contributed by atoms with E-state index in [4.69, 9.17) is 44.3 Å². The van der Waals surface area contributed by atoms with Crippen molar-refractivity contribution in [1.82, 2.24) is 0 Å². The van der Waals surface area contributed by atoms with Crippen LogP contribution in [-0.4, -0.2) is 18.2 Å². The van der Waals surface area contributed by atoms with E-state index in [9.17, 15) is 14.3 Å². The molecule has 0 radical (unpaired) electrons. The summed E-state index contributed by atoms with van der Waals surface area (Å²) in [6, 6.07) is 12.1. The van der Waals surface area contributed by atoms with E-state index in [0.717, 1.165) is 5.56 Å². The van der Waals surface area contributed by atoms with Crippen LogP contribution in [0.1, 0.15) is 21.5 Å². The van der Waals surface area contributed by atoms with Crippen molar-refractivity contribution in [2.45, 2.75) is 13.2 Å². The Balaban J connectivity index is 1.74. The molecule has 162 valence electrons. The van der Waals surface area contributed by atoms with Crippen molar-refractivity contribution < 1.29 is 23.8 Å². The van der Waals surface area contributed by atoms with Crippen LogP contribution in [0.15, 0.2) is 48.5 Å². The van der Waals surface area contributed by atoms with Crippen molar-refractivity contribution >= 4 is 46.5 Å². The lowest BCUT2D eigenvalue weighted by Gasteiger charge is -2.15. The zero-order valence-electron chi connectivity index (χ0n) is 16.2. The number of hydrogen-bond acceptors (Lipinski definition) is 4. The molecule has 0 aliphatic heterocycles. The van der Waals surface area contributed by atoms with Gasteiger partial charge in [-0.2, -0.15) is 0 Å². The Kier molecular flexibility index (Phi) is 7.49. The third kappa shape index (κ3) is 5.73. The first-order valence-electron chi connectivity index (χ1n) is 8.98. The van der Waals surface area contributed by atoms with Gasteiger partial charge in [0.2, 0.25) is 0 Å². The Hall–Kier alpha value is -2.67. The van der Waals surface area contributed by atoms with Gasteiger partial charge in [-0.3, -0.25) is 0 Å². The van der Waals surface area contributed by atoms with Crippen molar-refractivity contribution in [2.75, 3.05) is 12.4 Å². The molecule has 0 saturated heterocycles. The number of methoxy groups -OCH3 is 1. The normalized spacial score (nSPS) is 10.6. The first-order chi connectivity index (χ1) is 14.8. The van der Waals surface area contributed by atoms with Crippen molar-refractivity contribution in [2.24, 2.45) is 0 Å². The van der Waals surface area contributed by atoms with Gasteiger partial charge < -0.3 is 19.9 Å². The lowest BCUT2D eigenvalue weighted by atomic mass is 10.1. The second kappa shape index (κ2) is 10.1. The third-order valence-electron chi connectivity index (χ3n) is 4.37. The molecular formula is C22H17Cl3FNO4. The molecule has 0 heterocycles. The SMILES string of the molecule is COc1cc(CNc2ccc(Cl)c(C(=O)O)c2)cc(Cl)c1OCc1ccc(F)cc1Cl. The molecule has 0 aliphatic rings. The highest BCUT2D eigenvalue weighted by molar-refractivity contribution is 6.33. The van der Waals surface area contributed by atoms with Crippen LogP contribution in [0.25, 0.3) is 0 Å². The number of carboxylic acid groups (broad SMARTS) is 1. The van der Waals surface area contributed by atoms with Gasteiger partial charge in [0.05, 0.1) is 27.7 Å². The Morgan fingerprint density at radius 1 is 1.03 bits per heavy atom. The molecule has 3 rings (SSSR count). The van der Waals surface area contributed by atoms with Gasteiger partial charge in [-0.15, -0.1) is 0 Å². The lowest BCUT2D eigenvalue weighted by molar-refractivity contribution is 0.0697. The molecule has 0 bridgehead atoms. The van der Waals surface area contributed by atoms with E-state index in [1.807, 2.05) is 0 Å². The Labute approximate surface area is 193 Å². The minimum absolute atomic E-state index is 0.00508. The summed E-state index contributed by atoms with van der Waals surface area (Å²) in [5.74, 6) is -0.809. The molecule has 0 aromatic heterocycles. The Morgan fingerprint density at radius 2 is 1.81 bits per heavy atom. The maximum absolute atomic E-state index is 13.2. The number of rotatable bonds is 8. The van der Waals surface area contributed by atoms with Crippen molar-refractivity contribution in [1.29, 1.82) is 0 Å². The number of hydrogen-bond donors (Lipinski definition) is 2. The van der Waals surface area contributed by atoms with E-state index in [-0.39, 0.29) is 22.2 Å². The van der Waals surface area contributed by atoms with Gasteiger partial charge in [0, 0.05) is 17.8 Å². The van der Waals surface area contributed by atoms with E-state index in [0.29, 0.717) is 34.3 Å². The van der Waals surface area contributed by atoms with Crippen LogP contribution in [0.3, 0.4) is 0 Å². The fraction of sp³-hybridized carbons (Fsp3) is 0.136. The molecule has 3 aromatic rings. The predicted molar refractivity (Wildman–Crippen MR) is 119 cm³/mol. The minimum Gasteiger partial charge on any atom is -0.493 e. The summed E-state index contributed by atoms with van der Waals surface area (Å²) in [7, 11) is 1.49. The van der Waals surface area contributed by atoms with Crippen LogP contribution in [0.4, 0.5) is 10.1 Å². The van der Waals surface area contributed by atoms with Gasteiger partial charge in [0.1, 0.15) is 12.4 Å². The third-order valence-corrected chi connectivity index (χ3v) is 5.33. The molecule has 2 N–H and O–H groups in total. The minimum atomic E-state index is -1.11. The molecule has 0 aliphatic carbocycles. The molecule has 0 amide bonds. The quantitative estimate of drug-likeness (QED) is 0.373. The summed E-state index contributed by atoms with van der Waals surface area (Å²) in [5, 5.41) is 13.0. The van der Waals surface area contributed by atoms with Crippen LogP contribution >= 0.6 is 34.8 Å². The second-order valence-electron chi connectivity index (χ2n) is 6.49. The first kappa shape index (κ1) is 23.0. The fourth-order valence-electron chi connectivity index (χ4n) is 2.81. The number of carbonyl (C=O) groups is 1. The van der Waals surface area contributed by atoms with Gasteiger partial charge >= 0.3 is 5.97 Å². The molecule has 0 saturated carbocycles. The number of anilines is 1. The topological polar surface area (TPSA) is 67.8 Å². The summed E-state index contributed by atoms with van der Waals surface area (Å²) >= 11 is 18.3. The molecule has 5 nitrogen and oxygen atoms in total. The van der Waals surface area contributed by atoms with Gasteiger partial charge in [-0.25, -0.2) is 9.18 Å². The molecule has 0 unspecified atom stereocenters. The van der Waals surface area contributed by atoms with E-state index >= 15 is 0 Å². The summed E-state index contributed by atoms with van der Waals surface area (Å²) < 4.78 is 24.4. The number of ether oxygens (including phenoxy) is 2. The summed E-state index contributed by atoms with van der Waals surface area (Å²) in [5.41, 5.74) is 1.97. The predicted octanol–water partition coefficient (Wildman–Crippen LogP) is 6.68. The van der Waals surface area contributed by atoms with Crippen LogP contribution < -0.4 is 14.8 Å². The smallest absolute Gasteiger partial charge is 0.337 e. The average molecular weight is 485 g/mol. The largest absolute Gasteiger partial charge is 0.493 e. The highest BCUT2D eigenvalue weighted by Gasteiger charge is 2.14. The number of benzene rings is 3. The molecule has 0 atom stereocenters. The zero-order chi connectivity index (χ0) is 22.5. The standard InChI is InChI=1S/C22H17Cl3FNO4/c1-30-20-7-12(10-27-15-4-5-17(23)16(9-15)22(28)29)6-19(25)21(20)31-11-13-2-3-14(26)8-18(13)24/h2-9,27H,10-11H2,1H3,(H,28,29). The maximum atomic E-state index is 13.2. The van der Waals surface area contributed by atoms with Gasteiger partial charge in [-0.1, -0.05) is 40.9 Å². The van der Waals surface area contributed by atoms with Crippen LogP contribution in [0.5, 0.6) is 11.5 Å². The van der Waals surface area contributed by atoms with Crippen molar-refractivity contribution in [3.05, 3.63) is 86.1 Å². The maximum Gasteiger partial charge on any atom is 0.337 e. The van der Waals surface area contributed by atoms with Gasteiger partial charge in [0.25, 0.3) is 0 Å². The molecule has 9 heteroatoms. The Bertz CT molecular complexity index is 1120. The van der Waals surface area contributed by atoms with Crippen LogP contribution in [-0.2, 0) is 13.2 Å². The van der Waals surface area contributed by atoms with Gasteiger partial charge in [-0.05, 0) is 48.0 Å². The number of nitrogens with one attached hydrogen (secondary N) is 1.